The molecule has 0 bridgehead atoms. The third-order valence-electron chi connectivity index (χ3n) is 4.36. The normalized spacial score (nSPS) is 16.9. The van der Waals surface area contributed by atoms with Gasteiger partial charge in [0, 0.05) is 38.5 Å². The van der Waals surface area contributed by atoms with Crippen molar-refractivity contribution in [3.05, 3.63) is 30.1 Å². The van der Waals surface area contributed by atoms with Crippen LogP contribution >= 0.6 is 0 Å². The average Bonchev–Trinajstić information content (AvgIpc) is 2.67. The number of hydrogen-bond donors (Lipinski definition) is 1. The first-order chi connectivity index (χ1) is 13.6. The smallest absolute Gasteiger partial charge is 0.448 e. The van der Waals surface area contributed by atoms with Crippen molar-refractivity contribution in [3.63, 3.8) is 0 Å². The number of ether oxygens (including phenoxy) is 2. The first-order valence-corrected chi connectivity index (χ1v) is 9.10. The Labute approximate surface area is 165 Å². The summed E-state index contributed by atoms with van der Waals surface area (Å²) in [6.07, 6.45) is -5.22. The summed E-state index contributed by atoms with van der Waals surface area (Å²) in [6.45, 7) is 2.69. The van der Waals surface area contributed by atoms with Crippen LogP contribution in [0.3, 0.4) is 0 Å². The van der Waals surface area contributed by atoms with Crippen LogP contribution < -0.4 is 10.2 Å². The van der Waals surface area contributed by atoms with Gasteiger partial charge in [-0.15, -0.1) is 0 Å². The first-order valence-electron chi connectivity index (χ1n) is 9.10. The van der Waals surface area contributed by atoms with Crippen molar-refractivity contribution in [2.45, 2.75) is 25.7 Å². The third kappa shape index (κ3) is 5.08. The van der Waals surface area contributed by atoms with E-state index in [0.717, 1.165) is 10.6 Å². The number of carbonyl (C=O) groups is 2. The topological polar surface area (TPSA) is 71.1 Å². The number of urea groups is 1. The zero-order valence-electron chi connectivity index (χ0n) is 16.1. The van der Waals surface area contributed by atoms with E-state index < -0.39 is 30.5 Å². The molecule has 0 saturated carbocycles. The molecule has 1 atom stereocenters. The summed E-state index contributed by atoms with van der Waals surface area (Å²) in [5.74, 6) is -2.11. The summed E-state index contributed by atoms with van der Waals surface area (Å²) in [5, 5.41) is 1.68. The molecular weight excluding hydrogens is 398 g/mol. The molecule has 1 fully saturated rings. The van der Waals surface area contributed by atoms with Gasteiger partial charge in [0.1, 0.15) is 5.82 Å². The first kappa shape index (κ1) is 22.7. The molecule has 1 aromatic carbocycles. The number of esters is 1. The van der Waals surface area contributed by atoms with Crippen LogP contribution in [0, 0.1) is 5.82 Å². The second-order valence-electron chi connectivity index (χ2n) is 6.21. The molecule has 1 heterocycles. The van der Waals surface area contributed by atoms with Gasteiger partial charge >= 0.3 is 23.9 Å². The van der Waals surface area contributed by atoms with Crippen LogP contribution in [0.1, 0.15) is 13.8 Å². The average molecular weight is 421 g/mol. The van der Waals surface area contributed by atoms with Crippen LogP contribution in [0.5, 0.6) is 0 Å². The molecule has 0 spiro atoms. The molecule has 7 nitrogen and oxygen atoms in total. The Kier molecular flexibility index (Phi) is 7.28. The SMILES string of the molecule is CCOC(=O)[C@](NC(=O)N1CCN(c2ccc(F)cc2)CC1)(OCC)C(F)(F)F. The number of piperazine rings is 1. The summed E-state index contributed by atoms with van der Waals surface area (Å²) in [4.78, 5) is 27.6. The number of benzene rings is 1. The van der Waals surface area contributed by atoms with E-state index in [9.17, 15) is 27.2 Å². The fourth-order valence-electron chi connectivity index (χ4n) is 2.91. The largest absolute Gasteiger partial charge is 0.462 e. The van der Waals surface area contributed by atoms with Crippen LogP contribution in [0.2, 0.25) is 0 Å². The summed E-state index contributed by atoms with van der Waals surface area (Å²) in [5.41, 5.74) is -2.85. The predicted molar refractivity (Wildman–Crippen MR) is 95.8 cm³/mol. The fourth-order valence-corrected chi connectivity index (χ4v) is 2.91. The van der Waals surface area contributed by atoms with Crippen LogP contribution in [0.25, 0.3) is 0 Å². The minimum atomic E-state index is -5.22. The quantitative estimate of drug-likeness (QED) is 0.434. The van der Waals surface area contributed by atoms with Crippen LogP contribution in [0.4, 0.5) is 28.0 Å². The van der Waals surface area contributed by atoms with Gasteiger partial charge in [-0.25, -0.2) is 14.0 Å². The zero-order valence-corrected chi connectivity index (χ0v) is 16.1. The Balaban J connectivity index is 2.10. The van der Waals surface area contributed by atoms with Crippen LogP contribution in [-0.4, -0.2) is 68.2 Å². The lowest BCUT2D eigenvalue weighted by Crippen LogP contribution is -2.68. The van der Waals surface area contributed by atoms with Crippen molar-refractivity contribution < 1.29 is 36.6 Å². The Morgan fingerprint density at radius 3 is 2.10 bits per heavy atom. The molecule has 11 heteroatoms. The number of rotatable bonds is 6. The molecule has 2 amide bonds. The van der Waals surface area contributed by atoms with Crippen molar-refractivity contribution in [3.8, 4) is 0 Å². The van der Waals surface area contributed by atoms with Gasteiger partial charge in [0.25, 0.3) is 0 Å². The van der Waals surface area contributed by atoms with Gasteiger partial charge in [0.2, 0.25) is 0 Å². The Hall–Kier alpha value is -2.56. The van der Waals surface area contributed by atoms with Crippen molar-refractivity contribution in [2.75, 3.05) is 44.3 Å². The van der Waals surface area contributed by atoms with E-state index in [1.54, 1.807) is 17.4 Å². The number of alkyl halides is 3. The molecule has 2 rings (SSSR count). The van der Waals surface area contributed by atoms with E-state index in [1.807, 2.05) is 4.90 Å². The number of halogens is 4. The molecule has 1 saturated heterocycles. The number of amides is 2. The zero-order chi connectivity index (χ0) is 21.7. The monoisotopic (exact) mass is 421 g/mol. The molecule has 1 N–H and O–H groups in total. The lowest BCUT2D eigenvalue weighted by atomic mass is 10.2. The summed E-state index contributed by atoms with van der Waals surface area (Å²) >= 11 is 0. The van der Waals surface area contributed by atoms with Crippen LogP contribution in [0.15, 0.2) is 24.3 Å². The lowest BCUT2D eigenvalue weighted by Gasteiger charge is -2.39. The van der Waals surface area contributed by atoms with E-state index >= 15 is 0 Å². The van der Waals surface area contributed by atoms with Crippen LogP contribution in [-0.2, 0) is 14.3 Å². The minimum Gasteiger partial charge on any atom is -0.462 e. The third-order valence-corrected chi connectivity index (χ3v) is 4.36. The highest BCUT2D eigenvalue weighted by molar-refractivity contribution is 5.87. The number of anilines is 1. The van der Waals surface area contributed by atoms with E-state index in [0.29, 0.717) is 13.1 Å². The highest BCUT2D eigenvalue weighted by Gasteiger charge is 2.65. The molecule has 0 aromatic heterocycles. The lowest BCUT2D eigenvalue weighted by molar-refractivity contribution is -0.283. The Bertz CT molecular complexity index is 706. The molecule has 1 aliphatic rings. The van der Waals surface area contributed by atoms with Gasteiger partial charge in [-0.05, 0) is 38.1 Å². The molecule has 0 aliphatic carbocycles. The molecule has 0 radical (unpaired) electrons. The molecular formula is C18H23F4N3O4. The summed E-state index contributed by atoms with van der Waals surface area (Å²) < 4.78 is 63.3. The molecule has 1 aromatic rings. The predicted octanol–water partition coefficient (Wildman–Crippen LogP) is 2.52. The van der Waals surface area contributed by atoms with Crippen molar-refractivity contribution in [2.24, 2.45) is 0 Å². The molecule has 1 aliphatic heterocycles. The fraction of sp³-hybridized carbons (Fsp3) is 0.556. The number of nitrogens with zero attached hydrogens (tertiary/aromatic N) is 2. The maximum absolute atomic E-state index is 13.7. The highest BCUT2D eigenvalue weighted by atomic mass is 19.4. The molecule has 162 valence electrons. The number of carbonyl (C=O) groups excluding carboxylic acids is 2. The second-order valence-corrected chi connectivity index (χ2v) is 6.21. The Morgan fingerprint density at radius 1 is 1.03 bits per heavy atom. The van der Waals surface area contributed by atoms with Gasteiger partial charge in [-0.2, -0.15) is 13.2 Å². The molecule has 29 heavy (non-hydrogen) atoms. The van der Waals surface area contributed by atoms with Crippen molar-refractivity contribution in [1.82, 2.24) is 10.2 Å². The highest BCUT2D eigenvalue weighted by Crippen LogP contribution is 2.33. The molecule has 0 unspecified atom stereocenters. The second kappa shape index (κ2) is 9.29. The summed E-state index contributed by atoms with van der Waals surface area (Å²) in [7, 11) is 0. The number of nitrogens with one attached hydrogen (secondary N) is 1. The maximum atomic E-state index is 13.7. The van der Waals surface area contributed by atoms with E-state index in [2.05, 4.69) is 9.47 Å². The van der Waals surface area contributed by atoms with Crippen molar-refractivity contribution in [1.29, 1.82) is 0 Å². The number of hydrogen-bond acceptors (Lipinski definition) is 5. The van der Waals surface area contributed by atoms with Gasteiger partial charge < -0.3 is 19.3 Å². The standard InChI is InChI=1S/C18H23F4N3O4/c1-3-28-15(26)17(29-4-2,18(20,21)22)23-16(27)25-11-9-24(10-12-25)14-7-5-13(19)6-8-14/h5-8H,3-4,9-12H2,1-2H3,(H,23,27)/t17-/m0/s1. The van der Waals surface area contributed by atoms with Crippen molar-refractivity contribution >= 4 is 17.7 Å². The maximum Gasteiger partial charge on any atom is 0.448 e. The van der Waals surface area contributed by atoms with Gasteiger partial charge in [-0.1, -0.05) is 0 Å². The van der Waals surface area contributed by atoms with E-state index in [1.165, 1.54) is 26.0 Å². The van der Waals surface area contributed by atoms with E-state index in [-0.39, 0.29) is 25.5 Å². The van der Waals surface area contributed by atoms with E-state index in [4.69, 9.17) is 0 Å². The minimum absolute atomic E-state index is 0.103. The summed E-state index contributed by atoms with van der Waals surface area (Å²) in [6, 6.07) is 4.66. The Morgan fingerprint density at radius 2 is 1.62 bits per heavy atom. The van der Waals surface area contributed by atoms with Gasteiger partial charge in [0.05, 0.1) is 6.61 Å². The van der Waals surface area contributed by atoms with Gasteiger partial charge in [0.15, 0.2) is 0 Å². The van der Waals surface area contributed by atoms with Gasteiger partial charge in [-0.3, -0.25) is 5.32 Å².